The fourth-order valence-corrected chi connectivity index (χ4v) is 1.98. The molecule has 5 heteroatoms. The highest BCUT2D eigenvalue weighted by atomic mass is 127. The van der Waals surface area contributed by atoms with Crippen molar-refractivity contribution in [3.8, 4) is 0 Å². The second-order valence-electron chi connectivity index (χ2n) is 3.68. The Balaban J connectivity index is 3.00. The van der Waals surface area contributed by atoms with Crippen LogP contribution in [0, 0.1) is 3.57 Å². The third-order valence-corrected chi connectivity index (χ3v) is 3.60. The van der Waals surface area contributed by atoms with Crippen LogP contribution in [0.15, 0.2) is 0 Å². The summed E-state index contributed by atoms with van der Waals surface area (Å²) in [5.74, 6) is 0.800. The van der Waals surface area contributed by atoms with Crippen molar-refractivity contribution in [2.24, 2.45) is 0 Å². The van der Waals surface area contributed by atoms with Crippen LogP contribution in [0.2, 0.25) is 5.15 Å². The molecule has 1 heterocycles. The van der Waals surface area contributed by atoms with Crippen LogP contribution in [0.3, 0.4) is 0 Å². The zero-order valence-electron chi connectivity index (χ0n) is 9.22. The maximum Gasteiger partial charge on any atom is 0.146 e. The Bertz CT molecular complexity index is 342. The second kappa shape index (κ2) is 5.96. The smallest absolute Gasteiger partial charge is 0.146 e. The van der Waals surface area contributed by atoms with Crippen molar-refractivity contribution in [3.63, 3.8) is 0 Å². The highest BCUT2D eigenvalue weighted by molar-refractivity contribution is 14.1. The molecule has 1 aromatic heterocycles. The number of hydrogen-bond acceptors (Lipinski definition) is 3. The molecular formula is C10H15ClIN3. The normalized spacial score (nSPS) is 11.1. The molecule has 0 radical (unpaired) electrons. The summed E-state index contributed by atoms with van der Waals surface area (Å²) in [5.41, 5.74) is 1.06. The Kier molecular flexibility index (Phi) is 5.22. The van der Waals surface area contributed by atoms with Gasteiger partial charge in [-0.3, -0.25) is 0 Å². The molecule has 0 saturated heterocycles. The van der Waals surface area contributed by atoms with E-state index in [2.05, 4.69) is 39.5 Å². The molecule has 0 aliphatic carbocycles. The van der Waals surface area contributed by atoms with E-state index in [1.165, 1.54) is 0 Å². The lowest BCUT2D eigenvalue weighted by atomic mass is 10.2. The fourth-order valence-electron chi connectivity index (χ4n) is 1.27. The lowest BCUT2D eigenvalue weighted by molar-refractivity contribution is 0.389. The summed E-state index contributed by atoms with van der Waals surface area (Å²) in [6.07, 6.45) is 2.03. The van der Waals surface area contributed by atoms with Gasteiger partial charge in [-0.15, -0.1) is 0 Å². The molecule has 0 spiro atoms. The van der Waals surface area contributed by atoms with E-state index in [1.807, 2.05) is 19.0 Å². The number of halogens is 2. The average molecular weight is 340 g/mol. The molecule has 0 fully saturated rings. The topological polar surface area (TPSA) is 29.0 Å². The first-order valence-corrected chi connectivity index (χ1v) is 6.35. The first-order chi connectivity index (χ1) is 7.04. The molecular weight excluding hydrogens is 324 g/mol. The number of aromatic nitrogens is 2. The SMILES string of the molecule is CCCc1nc(CN(C)C)nc(Cl)c1I. The first kappa shape index (κ1) is 13.1. The van der Waals surface area contributed by atoms with Gasteiger partial charge in [0.05, 0.1) is 15.8 Å². The molecule has 1 rings (SSSR count). The minimum Gasteiger partial charge on any atom is -0.302 e. The molecule has 0 saturated carbocycles. The minimum absolute atomic E-state index is 0.575. The highest BCUT2D eigenvalue weighted by Crippen LogP contribution is 2.20. The Labute approximate surface area is 109 Å². The number of aryl methyl sites for hydroxylation is 1. The predicted octanol–water partition coefficient (Wildman–Crippen LogP) is 2.75. The van der Waals surface area contributed by atoms with E-state index in [-0.39, 0.29) is 0 Å². The molecule has 3 nitrogen and oxygen atoms in total. The van der Waals surface area contributed by atoms with Crippen molar-refractivity contribution in [1.82, 2.24) is 14.9 Å². The first-order valence-electron chi connectivity index (χ1n) is 4.90. The van der Waals surface area contributed by atoms with Gasteiger partial charge in [0.25, 0.3) is 0 Å². The number of rotatable bonds is 4. The molecule has 84 valence electrons. The molecule has 0 aliphatic heterocycles. The van der Waals surface area contributed by atoms with Gasteiger partial charge in [0.1, 0.15) is 11.0 Å². The van der Waals surface area contributed by atoms with E-state index < -0.39 is 0 Å². The van der Waals surface area contributed by atoms with Crippen molar-refractivity contribution in [2.75, 3.05) is 14.1 Å². The standard InChI is InChI=1S/C10H15ClIN3/c1-4-5-7-9(12)10(11)14-8(13-7)6-15(2)3/h4-6H2,1-3H3. The van der Waals surface area contributed by atoms with Gasteiger partial charge in [-0.05, 0) is 43.1 Å². The predicted molar refractivity (Wildman–Crippen MR) is 71.1 cm³/mol. The highest BCUT2D eigenvalue weighted by Gasteiger charge is 2.10. The van der Waals surface area contributed by atoms with Crippen LogP contribution < -0.4 is 0 Å². The van der Waals surface area contributed by atoms with Crippen LogP contribution in [0.1, 0.15) is 24.9 Å². The van der Waals surface area contributed by atoms with E-state index in [1.54, 1.807) is 0 Å². The molecule has 0 atom stereocenters. The summed E-state index contributed by atoms with van der Waals surface area (Å²) in [4.78, 5) is 10.8. The summed E-state index contributed by atoms with van der Waals surface area (Å²) in [5, 5.41) is 0.575. The molecule has 0 N–H and O–H groups in total. The Morgan fingerprint density at radius 3 is 2.53 bits per heavy atom. The van der Waals surface area contributed by atoms with E-state index in [4.69, 9.17) is 11.6 Å². The van der Waals surface area contributed by atoms with E-state index in [0.29, 0.717) is 5.15 Å². The van der Waals surface area contributed by atoms with Crippen LogP contribution in [-0.2, 0) is 13.0 Å². The summed E-state index contributed by atoms with van der Waals surface area (Å²) in [7, 11) is 3.99. The van der Waals surface area contributed by atoms with Crippen LogP contribution in [-0.4, -0.2) is 29.0 Å². The molecule has 1 aromatic rings. The molecule has 0 unspecified atom stereocenters. The van der Waals surface area contributed by atoms with Gasteiger partial charge in [-0.2, -0.15) is 0 Å². The Hall–Kier alpha value is 0.0600. The molecule has 0 aromatic carbocycles. The van der Waals surface area contributed by atoms with Crippen LogP contribution >= 0.6 is 34.2 Å². The number of hydrogen-bond donors (Lipinski definition) is 0. The van der Waals surface area contributed by atoms with Gasteiger partial charge in [0.2, 0.25) is 0 Å². The summed E-state index contributed by atoms with van der Waals surface area (Å²) < 4.78 is 0.985. The van der Waals surface area contributed by atoms with Crippen molar-refractivity contribution >= 4 is 34.2 Å². The third-order valence-electron chi connectivity index (χ3n) is 1.87. The van der Waals surface area contributed by atoms with Crippen LogP contribution in [0.4, 0.5) is 0 Å². The lowest BCUT2D eigenvalue weighted by Crippen LogP contribution is -2.15. The largest absolute Gasteiger partial charge is 0.302 e. The van der Waals surface area contributed by atoms with Gasteiger partial charge < -0.3 is 4.90 Å². The Morgan fingerprint density at radius 1 is 1.33 bits per heavy atom. The molecule has 15 heavy (non-hydrogen) atoms. The second-order valence-corrected chi connectivity index (χ2v) is 5.12. The summed E-state index contributed by atoms with van der Waals surface area (Å²) in [6, 6.07) is 0. The number of nitrogens with zero attached hydrogens (tertiary/aromatic N) is 3. The van der Waals surface area contributed by atoms with Gasteiger partial charge in [0, 0.05) is 0 Å². The van der Waals surface area contributed by atoms with Crippen molar-refractivity contribution in [3.05, 3.63) is 20.2 Å². The van der Waals surface area contributed by atoms with Gasteiger partial charge in [-0.25, -0.2) is 9.97 Å². The maximum atomic E-state index is 6.06. The zero-order valence-corrected chi connectivity index (χ0v) is 12.1. The average Bonchev–Trinajstić information content (AvgIpc) is 2.12. The van der Waals surface area contributed by atoms with E-state index in [9.17, 15) is 0 Å². The quantitative estimate of drug-likeness (QED) is 0.624. The van der Waals surface area contributed by atoms with Gasteiger partial charge in [0.15, 0.2) is 0 Å². The van der Waals surface area contributed by atoms with Crippen LogP contribution in [0.25, 0.3) is 0 Å². The van der Waals surface area contributed by atoms with Crippen molar-refractivity contribution < 1.29 is 0 Å². The summed E-state index contributed by atoms with van der Waals surface area (Å²) >= 11 is 8.27. The third kappa shape index (κ3) is 3.85. The van der Waals surface area contributed by atoms with Crippen molar-refractivity contribution in [1.29, 1.82) is 0 Å². The Morgan fingerprint density at radius 2 is 2.00 bits per heavy atom. The van der Waals surface area contributed by atoms with Crippen molar-refractivity contribution in [2.45, 2.75) is 26.3 Å². The van der Waals surface area contributed by atoms with E-state index in [0.717, 1.165) is 34.5 Å². The maximum absolute atomic E-state index is 6.06. The van der Waals surface area contributed by atoms with Gasteiger partial charge >= 0.3 is 0 Å². The van der Waals surface area contributed by atoms with E-state index >= 15 is 0 Å². The minimum atomic E-state index is 0.575. The summed E-state index contributed by atoms with van der Waals surface area (Å²) in [6.45, 7) is 2.87. The monoisotopic (exact) mass is 339 g/mol. The molecule has 0 amide bonds. The molecule has 0 aliphatic rings. The fraction of sp³-hybridized carbons (Fsp3) is 0.600. The lowest BCUT2D eigenvalue weighted by Gasteiger charge is -2.11. The van der Waals surface area contributed by atoms with Gasteiger partial charge in [-0.1, -0.05) is 24.9 Å². The zero-order chi connectivity index (χ0) is 11.4. The molecule has 0 bridgehead atoms. The van der Waals surface area contributed by atoms with Crippen LogP contribution in [0.5, 0.6) is 0 Å².